The number of aliphatic carboxylic acids is 1. The molecule has 0 aliphatic heterocycles. The van der Waals surface area contributed by atoms with Crippen molar-refractivity contribution >= 4 is 5.97 Å². The molecule has 0 aromatic rings. The van der Waals surface area contributed by atoms with Gasteiger partial charge in [0.15, 0.2) is 0 Å². The quantitative estimate of drug-likeness (QED) is 0.648. The van der Waals surface area contributed by atoms with Gasteiger partial charge in [-0.1, -0.05) is 18.6 Å². The molecule has 0 aliphatic carbocycles. The highest BCUT2D eigenvalue weighted by Gasteiger charge is 2.19. The maximum absolute atomic E-state index is 10.4. The Hall–Kier alpha value is -0.830. The van der Waals surface area contributed by atoms with E-state index in [4.69, 9.17) is 9.84 Å². The summed E-state index contributed by atoms with van der Waals surface area (Å²) >= 11 is 0. The van der Waals surface area contributed by atoms with Crippen LogP contribution in [0.15, 0.2) is 11.6 Å². The highest BCUT2D eigenvalue weighted by atomic mass is 16.5. The fraction of sp³-hybridized carbons (Fsp3) is 0.769. The number of carboxylic acids is 1. The van der Waals surface area contributed by atoms with Gasteiger partial charge in [0.25, 0.3) is 0 Å². The Morgan fingerprint density at radius 2 is 2.06 bits per heavy atom. The van der Waals surface area contributed by atoms with Crippen molar-refractivity contribution in [3.63, 3.8) is 0 Å². The average Bonchev–Trinajstić information content (AvgIpc) is 2.15. The highest BCUT2D eigenvalue weighted by molar-refractivity contribution is 5.68. The predicted molar refractivity (Wildman–Crippen MR) is 65.6 cm³/mol. The number of carbonyl (C=O) groups is 1. The second-order valence-electron chi connectivity index (χ2n) is 4.75. The molecule has 0 atom stereocenters. The lowest BCUT2D eigenvalue weighted by Crippen LogP contribution is -2.27. The minimum atomic E-state index is -0.907. The van der Waals surface area contributed by atoms with Gasteiger partial charge in [-0.25, -0.2) is 4.79 Å². The lowest BCUT2D eigenvalue weighted by Gasteiger charge is -2.24. The number of rotatable bonds is 8. The van der Waals surface area contributed by atoms with E-state index in [0.717, 1.165) is 25.7 Å². The third-order valence-electron chi connectivity index (χ3n) is 2.49. The molecule has 0 radical (unpaired) electrons. The summed E-state index contributed by atoms with van der Waals surface area (Å²) in [5, 5.41) is 8.53. The molecule has 0 aliphatic rings. The van der Waals surface area contributed by atoms with E-state index in [-0.39, 0.29) is 12.2 Å². The SMILES string of the molecule is CC/C=C(\C)CCCC(C)(C)OCC(=O)O. The predicted octanol–water partition coefficient (Wildman–Crippen LogP) is 3.39. The Morgan fingerprint density at radius 1 is 1.44 bits per heavy atom. The first-order valence-electron chi connectivity index (χ1n) is 5.89. The van der Waals surface area contributed by atoms with Crippen LogP contribution < -0.4 is 0 Å². The molecular formula is C13H24O3. The summed E-state index contributed by atoms with van der Waals surface area (Å²) in [6, 6.07) is 0. The molecule has 0 fully saturated rings. The van der Waals surface area contributed by atoms with Crippen molar-refractivity contribution < 1.29 is 14.6 Å². The third-order valence-corrected chi connectivity index (χ3v) is 2.49. The van der Waals surface area contributed by atoms with Crippen LogP contribution in [0.2, 0.25) is 0 Å². The second-order valence-corrected chi connectivity index (χ2v) is 4.75. The Kier molecular flexibility index (Phi) is 7.06. The van der Waals surface area contributed by atoms with E-state index in [2.05, 4.69) is 19.9 Å². The van der Waals surface area contributed by atoms with Crippen LogP contribution in [0.5, 0.6) is 0 Å². The van der Waals surface area contributed by atoms with Crippen LogP contribution in [0.3, 0.4) is 0 Å². The summed E-state index contributed by atoms with van der Waals surface area (Å²) < 4.78 is 5.31. The Labute approximate surface area is 98.5 Å². The first-order valence-corrected chi connectivity index (χ1v) is 5.89. The molecule has 0 aromatic heterocycles. The van der Waals surface area contributed by atoms with Gasteiger partial charge < -0.3 is 9.84 Å². The zero-order valence-corrected chi connectivity index (χ0v) is 10.9. The molecule has 16 heavy (non-hydrogen) atoms. The zero-order valence-electron chi connectivity index (χ0n) is 10.9. The summed E-state index contributed by atoms with van der Waals surface area (Å²) in [6.45, 7) is 7.93. The van der Waals surface area contributed by atoms with Crippen LogP contribution >= 0.6 is 0 Å². The monoisotopic (exact) mass is 228 g/mol. The Bertz CT molecular complexity index is 242. The van der Waals surface area contributed by atoms with Crippen LogP contribution in [0.1, 0.15) is 53.4 Å². The van der Waals surface area contributed by atoms with E-state index < -0.39 is 5.97 Å². The van der Waals surface area contributed by atoms with E-state index in [0.29, 0.717) is 0 Å². The minimum Gasteiger partial charge on any atom is -0.480 e. The van der Waals surface area contributed by atoms with Gasteiger partial charge in [0.1, 0.15) is 6.61 Å². The smallest absolute Gasteiger partial charge is 0.329 e. The summed E-state index contributed by atoms with van der Waals surface area (Å²) in [4.78, 5) is 10.4. The lowest BCUT2D eigenvalue weighted by atomic mass is 9.99. The van der Waals surface area contributed by atoms with Crippen molar-refractivity contribution in [3.8, 4) is 0 Å². The van der Waals surface area contributed by atoms with Crippen molar-refractivity contribution in [2.24, 2.45) is 0 Å². The largest absolute Gasteiger partial charge is 0.480 e. The van der Waals surface area contributed by atoms with Gasteiger partial charge >= 0.3 is 5.97 Å². The van der Waals surface area contributed by atoms with Gasteiger partial charge in [-0.3, -0.25) is 0 Å². The molecule has 94 valence electrons. The molecule has 0 saturated carbocycles. The molecule has 0 amide bonds. The van der Waals surface area contributed by atoms with Crippen molar-refractivity contribution in [1.82, 2.24) is 0 Å². The topological polar surface area (TPSA) is 46.5 Å². The van der Waals surface area contributed by atoms with Gasteiger partial charge in [-0.15, -0.1) is 0 Å². The van der Waals surface area contributed by atoms with Gasteiger partial charge in [-0.05, 0) is 46.5 Å². The van der Waals surface area contributed by atoms with Crippen LogP contribution in [0, 0.1) is 0 Å². The minimum absolute atomic E-state index is 0.212. The van der Waals surface area contributed by atoms with E-state index >= 15 is 0 Å². The van der Waals surface area contributed by atoms with E-state index in [1.807, 2.05) is 13.8 Å². The van der Waals surface area contributed by atoms with E-state index in [1.54, 1.807) is 0 Å². The maximum atomic E-state index is 10.4. The molecule has 3 heteroatoms. The van der Waals surface area contributed by atoms with Gasteiger partial charge in [0, 0.05) is 0 Å². The van der Waals surface area contributed by atoms with Crippen molar-refractivity contribution in [2.75, 3.05) is 6.61 Å². The Balaban J connectivity index is 3.81. The van der Waals surface area contributed by atoms with Gasteiger partial charge in [0.05, 0.1) is 5.60 Å². The molecule has 0 heterocycles. The number of allylic oxidation sites excluding steroid dienone is 2. The molecule has 3 nitrogen and oxygen atoms in total. The van der Waals surface area contributed by atoms with E-state index in [1.165, 1.54) is 5.57 Å². The summed E-state index contributed by atoms with van der Waals surface area (Å²) in [5.74, 6) is -0.907. The van der Waals surface area contributed by atoms with Crippen LogP contribution in [0.4, 0.5) is 0 Å². The van der Waals surface area contributed by atoms with Crippen LogP contribution in [0.25, 0.3) is 0 Å². The molecular weight excluding hydrogens is 204 g/mol. The zero-order chi connectivity index (χ0) is 12.6. The average molecular weight is 228 g/mol. The Morgan fingerprint density at radius 3 is 2.56 bits per heavy atom. The summed E-state index contributed by atoms with van der Waals surface area (Å²) in [7, 11) is 0. The lowest BCUT2D eigenvalue weighted by molar-refractivity contribution is -0.148. The van der Waals surface area contributed by atoms with Crippen molar-refractivity contribution in [1.29, 1.82) is 0 Å². The molecule has 1 N–H and O–H groups in total. The molecule has 0 rings (SSSR count). The first kappa shape index (κ1) is 15.2. The number of carboxylic acid groups (broad SMARTS) is 1. The maximum Gasteiger partial charge on any atom is 0.329 e. The normalized spacial score (nSPS) is 12.9. The fourth-order valence-corrected chi connectivity index (χ4v) is 1.57. The summed E-state index contributed by atoms with van der Waals surface area (Å²) in [5.41, 5.74) is 1.06. The fourth-order valence-electron chi connectivity index (χ4n) is 1.57. The van der Waals surface area contributed by atoms with Crippen LogP contribution in [-0.4, -0.2) is 23.3 Å². The van der Waals surface area contributed by atoms with Crippen molar-refractivity contribution in [3.05, 3.63) is 11.6 Å². The standard InChI is InChI=1S/C13H24O3/c1-5-7-11(2)8-6-9-13(3,4)16-10-12(14)15/h7H,5-6,8-10H2,1-4H3,(H,14,15)/b11-7+. The van der Waals surface area contributed by atoms with Crippen molar-refractivity contribution in [2.45, 2.75) is 59.0 Å². The summed E-state index contributed by atoms with van der Waals surface area (Å²) in [6.07, 6.45) is 6.29. The molecule has 0 bridgehead atoms. The van der Waals surface area contributed by atoms with Gasteiger partial charge in [-0.2, -0.15) is 0 Å². The molecule has 0 unspecified atom stereocenters. The van der Waals surface area contributed by atoms with E-state index in [9.17, 15) is 4.79 Å². The third kappa shape index (κ3) is 8.48. The second kappa shape index (κ2) is 7.44. The molecule has 0 aromatic carbocycles. The van der Waals surface area contributed by atoms with Gasteiger partial charge in [0.2, 0.25) is 0 Å². The first-order chi connectivity index (χ1) is 7.37. The molecule has 0 spiro atoms. The number of hydrogen-bond donors (Lipinski definition) is 1. The van der Waals surface area contributed by atoms with Crippen LogP contribution in [-0.2, 0) is 9.53 Å². The number of ether oxygens (including phenoxy) is 1. The highest BCUT2D eigenvalue weighted by Crippen LogP contribution is 2.19. The number of hydrogen-bond acceptors (Lipinski definition) is 2. The molecule has 0 saturated heterocycles.